The van der Waals surface area contributed by atoms with Crippen molar-refractivity contribution in [3.63, 3.8) is 0 Å². The molecule has 0 aliphatic heterocycles. The third-order valence-electron chi connectivity index (χ3n) is 2.50. The standard InChI is InChI=1S/C12H13BrN2O3/c13-9-1-2-11-10(7-9)12(17)15(8-14-11)3-5-18-6-4-16/h1-2,7-8,16H,3-6H2. The van der Waals surface area contributed by atoms with E-state index < -0.39 is 0 Å². The zero-order chi connectivity index (χ0) is 13.0. The maximum Gasteiger partial charge on any atom is 0.261 e. The summed E-state index contributed by atoms with van der Waals surface area (Å²) in [7, 11) is 0. The summed E-state index contributed by atoms with van der Waals surface area (Å²) in [5, 5.41) is 9.16. The largest absolute Gasteiger partial charge is 0.394 e. The van der Waals surface area contributed by atoms with Crippen LogP contribution in [0.15, 0.2) is 33.8 Å². The SMILES string of the molecule is O=c1c2cc(Br)ccc2ncn1CCOCCO. The fourth-order valence-corrected chi connectivity index (χ4v) is 1.98. The van der Waals surface area contributed by atoms with Crippen LogP contribution in [0.2, 0.25) is 0 Å². The lowest BCUT2D eigenvalue weighted by atomic mass is 10.2. The molecule has 96 valence electrons. The Hall–Kier alpha value is -1.24. The van der Waals surface area contributed by atoms with Crippen molar-refractivity contribution in [2.24, 2.45) is 0 Å². The topological polar surface area (TPSA) is 64.4 Å². The smallest absolute Gasteiger partial charge is 0.261 e. The Balaban J connectivity index is 2.24. The number of hydrogen-bond acceptors (Lipinski definition) is 4. The first-order valence-corrected chi connectivity index (χ1v) is 6.35. The Morgan fingerprint density at radius 3 is 3.00 bits per heavy atom. The van der Waals surface area contributed by atoms with Crippen molar-refractivity contribution in [3.05, 3.63) is 39.4 Å². The van der Waals surface area contributed by atoms with Crippen molar-refractivity contribution in [2.45, 2.75) is 6.54 Å². The lowest BCUT2D eigenvalue weighted by Gasteiger charge is -2.07. The van der Waals surface area contributed by atoms with Crippen LogP contribution in [-0.4, -0.2) is 34.5 Å². The van der Waals surface area contributed by atoms with Gasteiger partial charge in [0.05, 0.1) is 43.6 Å². The number of benzene rings is 1. The summed E-state index contributed by atoms with van der Waals surface area (Å²) in [6, 6.07) is 5.41. The Kier molecular flexibility index (Phi) is 4.46. The number of aliphatic hydroxyl groups excluding tert-OH is 1. The molecule has 0 saturated heterocycles. The van der Waals surface area contributed by atoms with E-state index in [0.29, 0.717) is 24.1 Å². The molecular formula is C12H13BrN2O3. The van der Waals surface area contributed by atoms with Gasteiger partial charge in [0.2, 0.25) is 0 Å². The number of rotatable bonds is 5. The van der Waals surface area contributed by atoms with E-state index in [4.69, 9.17) is 9.84 Å². The molecule has 0 amide bonds. The van der Waals surface area contributed by atoms with E-state index in [2.05, 4.69) is 20.9 Å². The molecule has 0 aliphatic carbocycles. The third kappa shape index (κ3) is 2.95. The maximum atomic E-state index is 12.1. The van der Waals surface area contributed by atoms with E-state index in [1.54, 1.807) is 12.1 Å². The minimum atomic E-state index is -0.0890. The van der Waals surface area contributed by atoms with Gasteiger partial charge >= 0.3 is 0 Å². The van der Waals surface area contributed by atoms with Crippen molar-refractivity contribution < 1.29 is 9.84 Å². The zero-order valence-electron chi connectivity index (χ0n) is 9.67. The van der Waals surface area contributed by atoms with Crippen LogP contribution < -0.4 is 5.56 Å². The number of aromatic nitrogens is 2. The first kappa shape index (κ1) is 13.2. The van der Waals surface area contributed by atoms with Gasteiger partial charge in [0.15, 0.2) is 0 Å². The van der Waals surface area contributed by atoms with Gasteiger partial charge in [-0.05, 0) is 18.2 Å². The molecular weight excluding hydrogens is 300 g/mol. The second-order valence-electron chi connectivity index (χ2n) is 3.74. The molecule has 18 heavy (non-hydrogen) atoms. The molecule has 2 aromatic rings. The lowest BCUT2D eigenvalue weighted by Crippen LogP contribution is -2.23. The number of fused-ring (bicyclic) bond motifs is 1. The molecule has 1 N–H and O–H groups in total. The maximum absolute atomic E-state index is 12.1. The summed E-state index contributed by atoms with van der Waals surface area (Å²) < 4.78 is 7.49. The van der Waals surface area contributed by atoms with Crippen molar-refractivity contribution in [1.82, 2.24) is 9.55 Å². The van der Waals surface area contributed by atoms with E-state index >= 15 is 0 Å². The number of hydrogen-bond donors (Lipinski definition) is 1. The van der Waals surface area contributed by atoms with E-state index in [1.807, 2.05) is 6.07 Å². The Morgan fingerprint density at radius 1 is 1.39 bits per heavy atom. The van der Waals surface area contributed by atoms with Crippen LogP contribution >= 0.6 is 15.9 Å². The monoisotopic (exact) mass is 312 g/mol. The molecule has 0 saturated carbocycles. The van der Waals surface area contributed by atoms with Crippen LogP contribution in [0.25, 0.3) is 10.9 Å². The number of aliphatic hydroxyl groups is 1. The van der Waals surface area contributed by atoms with Gasteiger partial charge in [0.1, 0.15) is 0 Å². The van der Waals surface area contributed by atoms with Crippen molar-refractivity contribution in [3.8, 4) is 0 Å². The third-order valence-corrected chi connectivity index (χ3v) is 2.99. The predicted molar refractivity (Wildman–Crippen MR) is 71.6 cm³/mol. The van der Waals surface area contributed by atoms with E-state index in [-0.39, 0.29) is 18.8 Å². The van der Waals surface area contributed by atoms with Crippen LogP contribution in [-0.2, 0) is 11.3 Å². The molecule has 0 bridgehead atoms. The van der Waals surface area contributed by atoms with Crippen LogP contribution in [0, 0.1) is 0 Å². The van der Waals surface area contributed by atoms with Gasteiger partial charge in [-0.25, -0.2) is 4.98 Å². The predicted octanol–water partition coefficient (Wildman–Crippen LogP) is 1.17. The Labute approximate surface area is 112 Å². The second-order valence-corrected chi connectivity index (χ2v) is 4.66. The van der Waals surface area contributed by atoms with Gasteiger partial charge in [0, 0.05) is 4.47 Å². The minimum absolute atomic E-state index is 0.0161. The Morgan fingerprint density at radius 2 is 2.22 bits per heavy atom. The van der Waals surface area contributed by atoms with Crippen LogP contribution in [0.4, 0.5) is 0 Å². The molecule has 0 unspecified atom stereocenters. The summed E-state index contributed by atoms with van der Waals surface area (Å²) in [5.74, 6) is 0. The van der Waals surface area contributed by atoms with Gasteiger partial charge in [-0.15, -0.1) is 0 Å². The molecule has 6 heteroatoms. The highest BCUT2D eigenvalue weighted by atomic mass is 79.9. The van der Waals surface area contributed by atoms with Gasteiger partial charge < -0.3 is 9.84 Å². The molecule has 2 rings (SSSR count). The molecule has 5 nitrogen and oxygen atoms in total. The lowest BCUT2D eigenvalue weighted by molar-refractivity contribution is 0.0865. The number of nitrogens with zero attached hydrogens (tertiary/aromatic N) is 2. The molecule has 0 spiro atoms. The minimum Gasteiger partial charge on any atom is -0.394 e. The van der Waals surface area contributed by atoms with Gasteiger partial charge in [0.25, 0.3) is 5.56 Å². The average Bonchev–Trinajstić information content (AvgIpc) is 2.38. The van der Waals surface area contributed by atoms with Gasteiger partial charge in [-0.3, -0.25) is 9.36 Å². The Bertz CT molecular complexity index is 597. The quantitative estimate of drug-likeness (QED) is 0.842. The second kappa shape index (κ2) is 6.08. The average molecular weight is 313 g/mol. The molecule has 0 radical (unpaired) electrons. The fraction of sp³-hybridized carbons (Fsp3) is 0.333. The highest BCUT2D eigenvalue weighted by molar-refractivity contribution is 9.10. The summed E-state index contributed by atoms with van der Waals surface area (Å²) in [5.41, 5.74) is 0.588. The van der Waals surface area contributed by atoms with Crippen molar-refractivity contribution in [1.29, 1.82) is 0 Å². The highest BCUT2D eigenvalue weighted by Gasteiger charge is 2.04. The fourth-order valence-electron chi connectivity index (χ4n) is 1.62. The van der Waals surface area contributed by atoms with Gasteiger partial charge in [-0.2, -0.15) is 0 Å². The van der Waals surface area contributed by atoms with Crippen LogP contribution in [0.3, 0.4) is 0 Å². The highest BCUT2D eigenvalue weighted by Crippen LogP contribution is 2.14. The summed E-state index contributed by atoms with van der Waals surface area (Å²) in [6.45, 7) is 1.06. The number of halogens is 1. The van der Waals surface area contributed by atoms with Crippen LogP contribution in [0.5, 0.6) is 0 Å². The van der Waals surface area contributed by atoms with E-state index in [9.17, 15) is 4.79 Å². The first-order valence-electron chi connectivity index (χ1n) is 5.55. The van der Waals surface area contributed by atoms with E-state index in [1.165, 1.54) is 10.9 Å². The van der Waals surface area contributed by atoms with E-state index in [0.717, 1.165) is 4.47 Å². The molecule has 1 aromatic heterocycles. The summed E-state index contributed by atoms with van der Waals surface area (Å²) in [6.07, 6.45) is 1.51. The first-order chi connectivity index (χ1) is 8.72. The number of ether oxygens (including phenoxy) is 1. The molecule has 1 heterocycles. The van der Waals surface area contributed by atoms with Gasteiger partial charge in [-0.1, -0.05) is 15.9 Å². The summed E-state index contributed by atoms with van der Waals surface area (Å²) >= 11 is 3.34. The zero-order valence-corrected chi connectivity index (χ0v) is 11.3. The summed E-state index contributed by atoms with van der Waals surface area (Å²) in [4.78, 5) is 16.4. The molecule has 0 aliphatic rings. The van der Waals surface area contributed by atoms with Crippen LogP contribution in [0.1, 0.15) is 0 Å². The molecule has 0 atom stereocenters. The molecule has 0 fully saturated rings. The molecule has 1 aromatic carbocycles. The normalized spacial score (nSPS) is 11.0. The van der Waals surface area contributed by atoms with Crippen molar-refractivity contribution >= 4 is 26.8 Å². The van der Waals surface area contributed by atoms with Crippen molar-refractivity contribution in [2.75, 3.05) is 19.8 Å².